The highest BCUT2D eigenvalue weighted by Gasteiger charge is 2.40. The molecule has 0 unspecified atom stereocenters. The van der Waals surface area contributed by atoms with Gasteiger partial charge in [-0.15, -0.1) is 0 Å². The van der Waals surface area contributed by atoms with Crippen LogP contribution in [0.3, 0.4) is 0 Å². The lowest BCUT2D eigenvalue weighted by atomic mass is 9.82. The maximum absolute atomic E-state index is 11.8. The van der Waals surface area contributed by atoms with Crippen LogP contribution in [-0.4, -0.2) is 42.4 Å². The Bertz CT molecular complexity index is 314. The van der Waals surface area contributed by atoms with Crippen molar-refractivity contribution in [3.05, 3.63) is 0 Å². The van der Waals surface area contributed by atoms with Gasteiger partial charge in [-0.2, -0.15) is 0 Å². The van der Waals surface area contributed by atoms with Gasteiger partial charge in [0.1, 0.15) is 5.54 Å². The van der Waals surface area contributed by atoms with E-state index in [0.29, 0.717) is 32.6 Å². The Morgan fingerprint density at radius 3 is 2.50 bits per heavy atom. The van der Waals surface area contributed by atoms with Gasteiger partial charge in [-0.05, 0) is 19.3 Å². The third kappa shape index (κ3) is 5.36. The largest absolute Gasteiger partial charge is 0.480 e. The van der Waals surface area contributed by atoms with Gasteiger partial charge in [0.25, 0.3) is 0 Å². The zero-order chi connectivity index (χ0) is 14.8. The van der Waals surface area contributed by atoms with Crippen molar-refractivity contribution in [3.63, 3.8) is 0 Å². The summed E-state index contributed by atoms with van der Waals surface area (Å²) in [5.41, 5.74) is -1.09. The van der Waals surface area contributed by atoms with Crippen molar-refractivity contribution < 1.29 is 19.4 Å². The molecule has 1 aliphatic carbocycles. The summed E-state index contributed by atoms with van der Waals surface area (Å²) >= 11 is 0. The number of carboxylic acids is 1. The van der Waals surface area contributed by atoms with Crippen LogP contribution in [0.1, 0.15) is 51.9 Å². The second kappa shape index (κ2) is 8.79. The van der Waals surface area contributed by atoms with E-state index in [2.05, 4.69) is 17.6 Å². The van der Waals surface area contributed by atoms with Gasteiger partial charge < -0.3 is 20.5 Å². The standard InChI is InChI=1S/C14H26N2O4/c1-2-3-10-20-11-9-15-13(19)16-14(12(17)18)7-5-4-6-8-14/h2-11H2,1H3,(H,17,18)(H2,15,16,19). The average Bonchev–Trinajstić information content (AvgIpc) is 2.43. The molecule has 20 heavy (non-hydrogen) atoms. The van der Waals surface area contributed by atoms with Crippen LogP contribution in [0, 0.1) is 0 Å². The van der Waals surface area contributed by atoms with E-state index in [1.807, 2.05) is 0 Å². The number of aliphatic carboxylic acids is 1. The van der Waals surface area contributed by atoms with Crippen LogP contribution in [-0.2, 0) is 9.53 Å². The number of amides is 2. The first-order chi connectivity index (χ1) is 9.60. The Morgan fingerprint density at radius 2 is 1.90 bits per heavy atom. The third-order valence-corrected chi connectivity index (χ3v) is 3.64. The number of urea groups is 1. The predicted octanol–water partition coefficient (Wildman–Crippen LogP) is 1.89. The third-order valence-electron chi connectivity index (χ3n) is 3.64. The van der Waals surface area contributed by atoms with Crippen LogP contribution in [0.5, 0.6) is 0 Å². The van der Waals surface area contributed by atoms with E-state index in [4.69, 9.17) is 4.74 Å². The van der Waals surface area contributed by atoms with Crippen molar-refractivity contribution >= 4 is 12.0 Å². The first-order valence-electron chi connectivity index (χ1n) is 7.48. The number of nitrogens with one attached hydrogen (secondary N) is 2. The van der Waals surface area contributed by atoms with Crippen molar-refractivity contribution in [1.82, 2.24) is 10.6 Å². The Balaban J connectivity index is 2.27. The Morgan fingerprint density at radius 1 is 1.20 bits per heavy atom. The fraction of sp³-hybridized carbons (Fsp3) is 0.857. The summed E-state index contributed by atoms with van der Waals surface area (Å²) in [5.74, 6) is -0.938. The molecule has 1 fully saturated rings. The number of rotatable bonds is 8. The smallest absolute Gasteiger partial charge is 0.329 e. The van der Waals surface area contributed by atoms with Gasteiger partial charge in [-0.3, -0.25) is 0 Å². The van der Waals surface area contributed by atoms with E-state index in [-0.39, 0.29) is 0 Å². The van der Waals surface area contributed by atoms with E-state index in [9.17, 15) is 14.7 Å². The summed E-state index contributed by atoms with van der Waals surface area (Å²) in [7, 11) is 0. The Hall–Kier alpha value is -1.30. The molecule has 0 heterocycles. The molecule has 6 heteroatoms. The minimum Gasteiger partial charge on any atom is -0.480 e. The molecule has 0 aromatic carbocycles. The van der Waals surface area contributed by atoms with Crippen LogP contribution >= 0.6 is 0 Å². The highest BCUT2D eigenvalue weighted by Crippen LogP contribution is 2.28. The molecule has 1 saturated carbocycles. The van der Waals surface area contributed by atoms with Crippen molar-refractivity contribution in [1.29, 1.82) is 0 Å². The highest BCUT2D eigenvalue weighted by atomic mass is 16.5. The van der Waals surface area contributed by atoms with Crippen molar-refractivity contribution in [2.45, 2.75) is 57.4 Å². The number of carbonyl (C=O) groups is 2. The maximum atomic E-state index is 11.8. The second-order valence-electron chi connectivity index (χ2n) is 5.29. The number of unbranched alkanes of at least 4 members (excludes halogenated alkanes) is 1. The molecule has 3 N–H and O–H groups in total. The van der Waals surface area contributed by atoms with Gasteiger partial charge in [0.05, 0.1) is 6.61 Å². The summed E-state index contributed by atoms with van der Waals surface area (Å²) in [4.78, 5) is 23.2. The number of carbonyl (C=O) groups excluding carboxylic acids is 1. The zero-order valence-corrected chi connectivity index (χ0v) is 12.2. The van der Waals surface area contributed by atoms with E-state index < -0.39 is 17.5 Å². The Labute approximate surface area is 120 Å². The molecule has 2 amide bonds. The normalized spacial score (nSPS) is 17.4. The molecule has 0 radical (unpaired) electrons. The van der Waals surface area contributed by atoms with Gasteiger partial charge in [0, 0.05) is 13.2 Å². The van der Waals surface area contributed by atoms with E-state index in [1.165, 1.54) is 0 Å². The quantitative estimate of drug-likeness (QED) is 0.595. The van der Waals surface area contributed by atoms with Gasteiger partial charge in [0.15, 0.2) is 0 Å². The minimum absolute atomic E-state index is 0.394. The van der Waals surface area contributed by atoms with Gasteiger partial charge >= 0.3 is 12.0 Å². The first kappa shape index (κ1) is 16.8. The molecule has 1 rings (SSSR count). The fourth-order valence-electron chi connectivity index (χ4n) is 2.39. The van der Waals surface area contributed by atoms with Crippen LogP contribution in [0.4, 0.5) is 4.79 Å². The van der Waals surface area contributed by atoms with E-state index in [0.717, 1.165) is 32.1 Å². The van der Waals surface area contributed by atoms with Crippen LogP contribution in [0.15, 0.2) is 0 Å². The van der Waals surface area contributed by atoms with Crippen LogP contribution in [0.25, 0.3) is 0 Å². The number of hydrogen-bond acceptors (Lipinski definition) is 3. The number of ether oxygens (including phenoxy) is 1. The zero-order valence-electron chi connectivity index (χ0n) is 12.2. The summed E-state index contributed by atoms with van der Waals surface area (Å²) in [6.07, 6.45) is 5.80. The summed E-state index contributed by atoms with van der Waals surface area (Å²) < 4.78 is 5.33. The van der Waals surface area contributed by atoms with Crippen molar-refractivity contribution in [3.8, 4) is 0 Å². The molecule has 0 bridgehead atoms. The molecule has 0 aromatic rings. The molecule has 0 aromatic heterocycles. The summed E-state index contributed by atoms with van der Waals surface area (Å²) in [5, 5.41) is 14.6. The van der Waals surface area contributed by atoms with Crippen molar-refractivity contribution in [2.75, 3.05) is 19.8 Å². The molecule has 0 saturated heterocycles. The summed E-state index contributed by atoms with van der Waals surface area (Å²) in [6, 6.07) is -0.423. The number of carboxylic acid groups (broad SMARTS) is 1. The minimum atomic E-state index is -1.09. The molecule has 116 valence electrons. The average molecular weight is 286 g/mol. The molecular weight excluding hydrogens is 260 g/mol. The maximum Gasteiger partial charge on any atom is 0.329 e. The van der Waals surface area contributed by atoms with Crippen molar-refractivity contribution in [2.24, 2.45) is 0 Å². The molecular formula is C14H26N2O4. The lowest BCUT2D eigenvalue weighted by molar-refractivity contribution is -0.145. The first-order valence-corrected chi connectivity index (χ1v) is 7.48. The van der Waals surface area contributed by atoms with Gasteiger partial charge in [-0.1, -0.05) is 32.6 Å². The van der Waals surface area contributed by atoms with Gasteiger partial charge in [0.2, 0.25) is 0 Å². The molecule has 0 spiro atoms. The van der Waals surface area contributed by atoms with E-state index >= 15 is 0 Å². The predicted molar refractivity (Wildman–Crippen MR) is 75.7 cm³/mol. The monoisotopic (exact) mass is 286 g/mol. The molecule has 1 aliphatic rings. The summed E-state index contributed by atoms with van der Waals surface area (Å²) in [6.45, 7) is 3.63. The van der Waals surface area contributed by atoms with Crippen LogP contribution in [0.2, 0.25) is 0 Å². The fourth-order valence-corrected chi connectivity index (χ4v) is 2.39. The SMILES string of the molecule is CCCCOCCNC(=O)NC1(C(=O)O)CCCCC1. The topological polar surface area (TPSA) is 87.7 Å². The van der Waals surface area contributed by atoms with E-state index in [1.54, 1.807) is 0 Å². The second-order valence-corrected chi connectivity index (χ2v) is 5.29. The lowest BCUT2D eigenvalue weighted by Crippen LogP contribution is -2.58. The highest BCUT2D eigenvalue weighted by molar-refractivity contribution is 5.86. The van der Waals surface area contributed by atoms with Crippen LogP contribution < -0.4 is 10.6 Å². The number of hydrogen-bond donors (Lipinski definition) is 3. The molecule has 0 aliphatic heterocycles. The molecule has 6 nitrogen and oxygen atoms in total. The lowest BCUT2D eigenvalue weighted by Gasteiger charge is -2.33. The van der Waals surface area contributed by atoms with Gasteiger partial charge in [-0.25, -0.2) is 9.59 Å². The Kier molecular flexibility index (Phi) is 7.36. The molecule has 0 atom stereocenters.